The van der Waals surface area contributed by atoms with Crippen molar-refractivity contribution >= 4 is 16.7 Å². The normalized spacial score (nSPS) is 10.9. The second-order valence-electron chi connectivity index (χ2n) is 4.88. The van der Waals surface area contributed by atoms with Gasteiger partial charge in [-0.05, 0) is 18.2 Å². The number of nitrogens with one attached hydrogen (secondary N) is 1. The summed E-state index contributed by atoms with van der Waals surface area (Å²) in [5.41, 5.74) is 1.21. The summed E-state index contributed by atoms with van der Waals surface area (Å²) in [7, 11) is 0. The molecular formula is C16H15N3O2. The topological polar surface area (TPSA) is 67.8 Å². The van der Waals surface area contributed by atoms with Crippen LogP contribution in [0, 0.1) is 0 Å². The standard InChI is InChI=1S/C16H15N3O2/c1-2-14(20)11-7-8-19(9-11)10-15-17-13-6-4-3-5-12(13)16(21)18-15/h3-9H,2,10H2,1H3,(H,17,18,21). The van der Waals surface area contributed by atoms with Crippen molar-refractivity contribution in [1.82, 2.24) is 14.5 Å². The van der Waals surface area contributed by atoms with Crippen LogP contribution in [0.15, 0.2) is 47.5 Å². The third-order valence-corrected chi connectivity index (χ3v) is 3.39. The second-order valence-corrected chi connectivity index (χ2v) is 4.88. The van der Waals surface area contributed by atoms with Gasteiger partial charge in [-0.3, -0.25) is 9.59 Å². The predicted molar refractivity (Wildman–Crippen MR) is 80.5 cm³/mol. The average molecular weight is 281 g/mol. The molecule has 2 heterocycles. The van der Waals surface area contributed by atoms with Gasteiger partial charge in [-0.15, -0.1) is 0 Å². The molecule has 0 radical (unpaired) electrons. The summed E-state index contributed by atoms with van der Waals surface area (Å²) < 4.78 is 1.84. The van der Waals surface area contributed by atoms with Crippen molar-refractivity contribution in [3.8, 4) is 0 Å². The van der Waals surface area contributed by atoms with E-state index in [2.05, 4.69) is 9.97 Å². The summed E-state index contributed by atoms with van der Waals surface area (Å²) in [4.78, 5) is 30.8. The maximum absolute atomic E-state index is 12.0. The number of carbonyl (C=O) groups is 1. The van der Waals surface area contributed by atoms with E-state index in [0.717, 1.165) is 0 Å². The summed E-state index contributed by atoms with van der Waals surface area (Å²) in [5.74, 6) is 0.679. The molecule has 1 aromatic carbocycles. The molecule has 0 saturated carbocycles. The fourth-order valence-corrected chi connectivity index (χ4v) is 2.29. The van der Waals surface area contributed by atoms with Gasteiger partial charge in [-0.1, -0.05) is 19.1 Å². The first-order valence-corrected chi connectivity index (χ1v) is 6.84. The van der Waals surface area contributed by atoms with Crippen molar-refractivity contribution in [2.24, 2.45) is 0 Å². The highest BCUT2D eigenvalue weighted by atomic mass is 16.1. The molecule has 106 valence electrons. The van der Waals surface area contributed by atoms with E-state index in [1.807, 2.05) is 35.9 Å². The molecule has 0 amide bonds. The Morgan fingerprint density at radius 1 is 1.29 bits per heavy atom. The highest BCUT2D eigenvalue weighted by molar-refractivity contribution is 5.95. The van der Waals surface area contributed by atoms with Crippen LogP contribution in [-0.4, -0.2) is 20.3 Å². The van der Waals surface area contributed by atoms with E-state index in [-0.39, 0.29) is 11.3 Å². The minimum absolute atomic E-state index is 0.105. The predicted octanol–water partition coefficient (Wildman–Crippen LogP) is 2.37. The van der Waals surface area contributed by atoms with E-state index < -0.39 is 0 Å². The Hall–Kier alpha value is -2.69. The molecule has 0 atom stereocenters. The van der Waals surface area contributed by atoms with Gasteiger partial charge in [-0.2, -0.15) is 0 Å². The highest BCUT2D eigenvalue weighted by Crippen LogP contribution is 2.09. The Morgan fingerprint density at radius 2 is 2.10 bits per heavy atom. The van der Waals surface area contributed by atoms with Crippen LogP contribution in [0.1, 0.15) is 29.5 Å². The van der Waals surface area contributed by atoms with Gasteiger partial charge in [0.1, 0.15) is 5.82 Å². The maximum Gasteiger partial charge on any atom is 0.258 e. The molecule has 5 nitrogen and oxygen atoms in total. The van der Waals surface area contributed by atoms with Crippen LogP contribution in [0.25, 0.3) is 10.9 Å². The van der Waals surface area contributed by atoms with Crippen LogP contribution in [0.3, 0.4) is 0 Å². The number of hydrogen-bond acceptors (Lipinski definition) is 3. The van der Waals surface area contributed by atoms with Gasteiger partial charge in [0.25, 0.3) is 5.56 Å². The lowest BCUT2D eigenvalue weighted by Crippen LogP contribution is -2.13. The second kappa shape index (κ2) is 5.36. The number of nitrogens with zero attached hydrogens (tertiary/aromatic N) is 2. The van der Waals surface area contributed by atoms with Gasteiger partial charge in [0.2, 0.25) is 0 Å². The van der Waals surface area contributed by atoms with Crippen molar-refractivity contribution in [1.29, 1.82) is 0 Å². The molecule has 21 heavy (non-hydrogen) atoms. The lowest BCUT2D eigenvalue weighted by molar-refractivity contribution is 0.0988. The average Bonchev–Trinajstić information content (AvgIpc) is 2.95. The summed E-state index contributed by atoms with van der Waals surface area (Å²) in [5, 5.41) is 0.579. The van der Waals surface area contributed by atoms with E-state index in [0.29, 0.717) is 35.3 Å². The highest BCUT2D eigenvalue weighted by Gasteiger charge is 2.07. The molecule has 0 unspecified atom stereocenters. The smallest absolute Gasteiger partial charge is 0.258 e. The minimum atomic E-state index is -0.146. The fraction of sp³-hybridized carbons (Fsp3) is 0.188. The zero-order chi connectivity index (χ0) is 14.8. The van der Waals surface area contributed by atoms with Crippen molar-refractivity contribution in [3.63, 3.8) is 0 Å². The number of rotatable bonds is 4. The molecule has 5 heteroatoms. The Morgan fingerprint density at radius 3 is 2.90 bits per heavy atom. The van der Waals surface area contributed by atoms with Crippen LogP contribution in [0.2, 0.25) is 0 Å². The molecule has 0 aliphatic rings. The summed E-state index contributed by atoms with van der Waals surface area (Å²) in [6.45, 7) is 2.26. The number of Topliss-reactive ketones (excluding diaryl/α,β-unsaturated/α-hetero) is 1. The maximum atomic E-state index is 12.0. The van der Waals surface area contributed by atoms with Gasteiger partial charge >= 0.3 is 0 Å². The lowest BCUT2D eigenvalue weighted by atomic mass is 10.2. The first-order chi connectivity index (χ1) is 10.2. The van der Waals surface area contributed by atoms with Crippen LogP contribution >= 0.6 is 0 Å². The third kappa shape index (κ3) is 2.63. The van der Waals surface area contributed by atoms with Crippen LogP contribution in [0.5, 0.6) is 0 Å². The molecule has 1 N–H and O–H groups in total. The van der Waals surface area contributed by atoms with Gasteiger partial charge in [-0.25, -0.2) is 4.98 Å². The van der Waals surface area contributed by atoms with E-state index in [4.69, 9.17) is 0 Å². The van der Waals surface area contributed by atoms with Crippen molar-refractivity contribution in [3.05, 3.63) is 64.5 Å². The lowest BCUT2D eigenvalue weighted by Gasteiger charge is -2.04. The first-order valence-electron chi connectivity index (χ1n) is 6.84. The molecule has 0 saturated heterocycles. The van der Waals surface area contributed by atoms with E-state index in [1.54, 1.807) is 18.3 Å². The molecule has 3 rings (SSSR count). The Bertz CT molecular complexity index is 861. The SMILES string of the molecule is CCC(=O)c1ccn(Cc2nc3ccccc3c(=O)[nH]2)c1. The number of fused-ring (bicyclic) bond motifs is 1. The monoisotopic (exact) mass is 281 g/mol. The number of H-pyrrole nitrogens is 1. The summed E-state index contributed by atoms with van der Waals surface area (Å²) >= 11 is 0. The largest absolute Gasteiger partial charge is 0.346 e. The number of carbonyl (C=O) groups excluding carboxylic acids is 1. The fourth-order valence-electron chi connectivity index (χ4n) is 2.29. The zero-order valence-electron chi connectivity index (χ0n) is 11.7. The number of para-hydroxylation sites is 1. The Labute approximate surface area is 121 Å². The Balaban J connectivity index is 1.93. The molecule has 0 aliphatic carbocycles. The van der Waals surface area contributed by atoms with Crippen LogP contribution < -0.4 is 5.56 Å². The molecule has 0 aliphatic heterocycles. The summed E-state index contributed by atoms with van der Waals surface area (Å²) in [6.07, 6.45) is 4.08. The minimum Gasteiger partial charge on any atom is -0.346 e. The summed E-state index contributed by atoms with van der Waals surface area (Å²) in [6, 6.07) is 9.01. The molecule has 3 aromatic rings. The molecule has 0 bridgehead atoms. The Kier molecular flexibility index (Phi) is 3.39. The number of aromatic amines is 1. The number of hydrogen-bond donors (Lipinski definition) is 1. The zero-order valence-corrected chi connectivity index (χ0v) is 11.7. The van der Waals surface area contributed by atoms with Crippen molar-refractivity contribution < 1.29 is 4.79 Å². The van der Waals surface area contributed by atoms with Crippen LogP contribution in [0.4, 0.5) is 0 Å². The third-order valence-electron chi connectivity index (χ3n) is 3.39. The quantitative estimate of drug-likeness (QED) is 0.746. The van der Waals surface area contributed by atoms with E-state index in [9.17, 15) is 9.59 Å². The first kappa shape index (κ1) is 13.3. The van der Waals surface area contributed by atoms with Crippen molar-refractivity contribution in [2.45, 2.75) is 19.9 Å². The van der Waals surface area contributed by atoms with Gasteiger partial charge < -0.3 is 9.55 Å². The number of benzene rings is 1. The number of aromatic nitrogens is 3. The number of ketones is 1. The van der Waals surface area contributed by atoms with Gasteiger partial charge in [0, 0.05) is 24.4 Å². The van der Waals surface area contributed by atoms with Crippen LogP contribution in [-0.2, 0) is 6.54 Å². The van der Waals surface area contributed by atoms with E-state index >= 15 is 0 Å². The molecule has 0 spiro atoms. The van der Waals surface area contributed by atoms with Crippen molar-refractivity contribution in [2.75, 3.05) is 0 Å². The molecule has 0 fully saturated rings. The van der Waals surface area contributed by atoms with Gasteiger partial charge in [0.05, 0.1) is 17.4 Å². The molecule has 2 aromatic heterocycles. The van der Waals surface area contributed by atoms with E-state index in [1.165, 1.54) is 0 Å². The van der Waals surface area contributed by atoms with Gasteiger partial charge in [0.15, 0.2) is 5.78 Å². The molecular weight excluding hydrogens is 266 g/mol.